The highest BCUT2D eigenvalue weighted by Gasteiger charge is 2.34. The van der Waals surface area contributed by atoms with Crippen LogP contribution < -0.4 is 0 Å². The average Bonchev–Trinajstić information content (AvgIpc) is 2.71. The van der Waals surface area contributed by atoms with E-state index in [1.807, 2.05) is 28.0 Å². The lowest BCUT2D eigenvalue weighted by Gasteiger charge is -2.35. The monoisotopic (exact) mass is 386 g/mol. The molecule has 0 N–H and O–H groups in total. The lowest BCUT2D eigenvalue weighted by Crippen LogP contribution is -2.43. The Morgan fingerprint density at radius 2 is 1.39 bits per heavy atom. The summed E-state index contributed by atoms with van der Waals surface area (Å²) in [6.45, 7) is 10.8. The molecule has 0 bridgehead atoms. The Hall–Kier alpha value is -1.84. The number of nitrogens with zero attached hydrogens (tertiary/aromatic N) is 2. The van der Waals surface area contributed by atoms with Crippen molar-refractivity contribution in [3.63, 3.8) is 0 Å². The summed E-state index contributed by atoms with van der Waals surface area (Å²) in [5, 5.41) is 0. The number of benzene rings is 1. The standard InChI is InChI=1S/C24H38N2O2/c1-5-16-25(17-6-2)23(27)21-12-14-22(15-13-21)24(28)26(19(3)4)18-20-10-8-7-9-11-20/h7-11,19,21-22H,5-6,12-18H2,1-4H3. The fraction of sp³-hybridized carbons (Fsp3) is 0.667. The van der Waals surface area contributed by atoms with Gasteiger partial charge in [0.2, 0.25) is 11.8 Å². The number of amides is 2. The Balaban J connectivity index is 1.94. The van der Waals surface area contributed by atoms with Gasteiger partial charge in [-0.1, -0.05) is 44.2 Å². The summed E-state index contributed by atoms with van der Waals surface area (Å²) in [6.07, 6.45) is 5.36. The summed E-state index contributed by atoms with van der Waals surface area (Å²) < 4.78 is 0. The van der Waals surface area contributed by atoms with Gasteiger partial charge in [-0.15, -0.1) is 0 Å². The maximum atomic E-state index is 13.2. The minimum absolute atomic E-state index is 0.0564. The van der Waals surface area contributed by atoms with Gasteiger partial charge in [0.15, 0.2) is 0 Å². The molecule has 1 aromatic carbocycles. The van der Waals surface area contributed by atoms with E-state index in [0.717, 1.165) is 51.6 Å². The molecule has 2 rings (SSSR count). The molecule has 4 heteroatoms. The van der Waals surface area contributed by atoms with Gasteiger partial charge in [-0.05, 0) is 57.9 Å². The van der Waals surface area contributed by atoms with Gasteiger partial charge in [0, 0.05) is 37.5 Å². The summed E-state index contributed by atoms with van der Waals surface area (Å²) in [6, 6.07) is 10.4. The zero-order valence-corrected chi connectivity index (χ0v) is 18.2. The molecule has 1 aliphatic carbocycles. The predicted molar refractivity (Wildman–Crippen MR) is 115 cm³/mol. The van der Waals surface area contributed by atoms with Crippen molar-refractivity contribution in [3.05, 3.63) is 35.9 Å². The second-order valence-corrected chi connectivity index (χ2v) is 8.42. The summed E-state index contributed by atoms with van der Waals surface area (Å²) in [7, 11) is 0. The van der Waals surface area contributed by atoms with Crippen molar-refractivity contribution in [1.82, 2.24) is 9.80 Å². The van der Waals surface area contributed by atoms with Crippen molar-refractivity contribution in [2.45, 2.75) is 78.8 Å². The van der Waals surface area contributed by atoms with E-state index in [-0.39, 0.29) is 23.8 Å². The molecule has 28 heavy (non-hydrogen) atoms. The largest absolute Gasteiger partial charge is 0.342 e. The smallest absolute Gasteiger partial charge is 0.226 e. The number of carbonyl (C=O) groups excluding carboxylic acids is 2. The van der Waals surface area contributed by atoms with Crippen LogP contribution in [0.15, 0.2) is 30.3 Å². The molecule has 1 aliphatic rings. The van der Waals surface area contributed by atoms with Crippen LogP contribution in [0.2, 0.25) is 0 Å². The normalized spacial score (nSPS) is 19.5. The SMILES string of the molecule is CCCN(CCC)C(=O)C1CCC(C(=O)N(Cc2ccccc2)C(C)C)CC1. The van der Waals surface area contributed by atoms with Crippen LogP contribution in [0.4, 0.5) is 0 Å². The molecular weight excluding hydrogens is 348 g/mol. The lowest BCUT2D eigenvalue weighted by atomic mass is 9.80. The number of rotatable bonds is 9. The fourth-order valence-corrected chi connectivity index (χ4v) is 4.25. The minimum Gasteiger partial charge on any atom is -0.342 e. The Morgan fingerprint density at radius 1 is 0.893 bits per heavy atom. The van der Waals surface area contributed by atoms with Gasteiger partial charge in [-0.2, -0.15) is 0 Å². The Bertz CT molecular complexity index is 600. The van der Waals surface area contributed by atoms with Crippen LogP contribution in [0.5, 0.6) is 0 Å². The first-order chi connectivity index (χ1) is 13.5. The third kappa shape index (κ3) is 6.08. The third-order valence-corrected chi connectivity index (χ3v) is 5.83. The van der Waals surface area contributed by atoms with Crippen molar-refractivity contribution < 1.29 is 9.59 Å². The van der Waals surface area contributed by atoms with Crippen LogP contribution in [0.25, 0.3) is 0 Å². The van der Waals surface area contributed by atoms with Crippen LogP contribution in [0.3, 0.4) is 0 Å². The first kappa shape index (κ1) is 22.4. The van der Waals surface area contributed by atoms with E-state index in [1.54, 1.807) is 0 Å². The second-order valence-electron chi connectivity index (χ2n) is 8.42. The van der Waals surface area contributed by atoms with Crippen LogP contribution in [0.1, 0.15) is 71.8 Å². The topological polar surface area (TPSA) is 40.6 Å². The Morgan fingerprint density at radius 3 is 1.86 bits per heavy atom. The van der Waals surface area contributed by atoms with Crippen molar-refractivity contribution in [1.29, 1.82) is 0 Å². The fourth-order valence-electron chi connectivity index (χ4n) is 4.25. The maximum absolute atomic E-state index is 13.2. The summed E-state index contributed by atoms with van der Waals surface area (Å²) in [5.74, 6) is 0.716. The second kappa shape index (κ2) is 11.2. The van der Waals surface area contributed by atoms with Crippen LogP contribution in [-0.2, 0) is 16.1 Å². The Labute approximate surface area is 171 Å². The molecule has 0 spiro atoms. The highest BCUT2D eigenvalue weighted by molar-refractivity contribution is 5.81. The molecule has 156 valence electrons. The maximum Gasteiger partial charge on any atom is 0.226 e. The first-order valence-electron chi connectivity index (χ1n) is 11.1. The van der Waals surface area contributed by atoms with Crippen LogP contribution >= 0.6 is 0 Å². The van der Waals surface area contributed by atoms with Gasteiger partial charge in [-0.25, -0.2) is 0 Å². The molecule has 0 aliphatic heterocycles. The summed E-state index contributed by atoms with van der Waals surface area (Å²) in [5.41, 5.74) is 1.17. The molecule has 2 amide bonds. The van der Waals surface area contributed by atoms with E-state index in [1.165, 1.54) is 5.56 Å². The summed E-state index contributed by atoms with van der Waals surface area (Å²) in [4.78, 5) is 30.1. The van der Waals surface area contributed by atoms with Crippen molar-refractivity contribution >= 4 is 11.8 Å². The molecule has 4 nitrogen and oxygen atoms in total. The number of carbonyl (C=O) groups is 2. The first-order valence-corrected chi connectivity index (χ1v) is 11.1. The quantitative estimate of drug-likeness (QED) is 0.607. The molecule has 0 saturated heterocycles. The summed E-state index contributed by atoms with van der Waals surface area (Å²) >= 11 is 0. The minimum atomic E-state index is 0.0564. The van der Waals surface area contributed by atoms with E-state index < -0.39 is 0 Å². The van der Waals surface area contributed by atoms with Crippen molar-refractivity contribution in [2.24, 2.45) is 11.8 Å². The molecule has 0 unspecified atom stereocenters. The molecule has 1 fully saturated rings. The third-order valence-electron chi connectivity index (χ3n) is 5.83. The van der Waals surface area contributed by atoms with Gasteiger partial charge in [0.1, 0.15) is 0 Å². The predicted octanol–water partition coefficient (Wildman–Crippen LogP) is 4.88. The van der Waals surface area contributed by atoms with E-state index >= 15 is 0 Å². The van der Waals surface area contributed by atoms with Gasteiger partial charge >= 0.3 is 0 Å². The van der Waals surface area contributed by atoms with Gasteiger partial charge in [-0.3, -0.25) is 9.59 Å². The van der Waals surface area contributed by atoms with Crippen molar-refractivity contribution in [3.8, 4) is 0 Å². The molecule has 0 atom stereocenters. The highest BCUT2D eigenvalue weighted by Crippen LogP contribution is 2.32. The average molecular weight is 387 g/mol. The van der Waals surface area contributed by atoms with Gasteiger partial charge in [0.25, 0.3) is 0 Å². The van der Waals surface area contributed by atoms with Crippen LogP contribution in [0, 0.1) is 11.8 Å². The highest BCUT2D eigenvalue weighted by atomic mass is 16.2. The zero-order valence-electron chi connectivity index (χ0n) is 18.2. The molecule has 0 aromatic heterocycles. The van der Waals surface area contributed by atoms with E-state index in [9.17, 15) is 9.59 Å². The van der Waals surface area contributed by atoms with E-state index in [4.69, 9.17) is 0 Å². The zero-order chi connectivity index (χ0) is 20.5. The van der Waals surface area contributed by atoms with Crippen molar-refractivity contribution in [2.75, 3.05) is 13.1 Å². The van der Waals surface area contributed by atoms with Gasteiger partial charge < -0.3 is 9.80 Å². The van der Waals surface area contributed by atoms with Gasteiger partial charge in [0.05, 0.1) is 0 Å². The van der Waals surface area contributed by atoms with E-state index in [2.05, 4.69) is 39.8 Å². The number of hydrogen-bond acceptors (Lipinski definition) is 2. The molecular formula is C24H38N2O2. The molecule has 1 saturated carbocycles. The molecule has 0 heterocycles. The van der Waals surface area contributed by atoms with E-state index in [0.29, 0.717) is 12.5 Å². The Kier molecular flexibility index (Phi) is 9.01. The molecule has 1 aromatic rings. The van der Waals surface area contributed by atoms with Crippen LogP contribution in [-0.4, -0.2) is 40.7 Å². The lowest BCUT2D eigenvalue weighted by molar-refractivity contribution is -0.143. The molecule has 0 radical (unpaired) electrons. The number of hydrogen-bond donors (Lipinski definition) is 0.